The van der Waals surface area contributed by atoms with E-state index in [9.17, 15) is 12.8 Å². The molecule has 4 nitrogen and oxygen atoms in total. The van der Waals surface area contributed by atoms with Crippen LogP contribution >= 0.6 is 0 Å². The largest absolute Gasteiger partial charge is 0.494 e. The van der Waals surface area contributed by atoms with E-state index in [2.05, 4.69) is 17.4 Å². The van der Waals surface area contributed by atoms with Gasteiger partial charge in [-0.05, 0) is 92.4 Å². The van der Waals surface area contributed by atoms with E-state index in [0.29, 0.717) is 30.7 Å². The fourth-order valence-electron chi connectivity index (χ4n) is 4.68. The molecule has 1 fully saturated rings. The average Bonchev–Trinajstić information content (AvgIpc) is 3.55. The van der Waals surface area contributed by atoms with Crippen molar-refractivity contribution in [2.75, 3.05) is 25.2 Å². The van der Waals surface area contributed by atoms with E-state index in [1.54, 1.807) is 12.1 Å². The molecule has 0 spiro atoms. The van der Waals surface area contributed by atoms with Crippen molar-refractivity contribution in [3.05, 3.63) is 65.0 Å². The number of hydrogen-bond acceptors (Lipinski definition) is 4. The number of halogens is 1. The first-order valence-electron chi connectivity index (χ1n) is 11.3. The Balaban J connectivity index is 1.42. The molecule has 2 aromatic carbocycles. The third-order valence-electron chi connectivity index (χ3n) is 6.50. The molecule has 0 aliphatic heterocycles. The molecular weight excluding hydrogens is 413 g/mol. The van der Waals surface area contributed by atoms with Crippen LogP contribution in [0, 0.1) is 11.7 Å². The smallest absolute Gasteiger partial charge is 0.150 e. The third kappa shape index (κ3) is 6.07. The summed E-state index contributed by atoms with van der Waals surface area (Å²) >= 11 is 0. The second-order valence-electron chi connectivity index (χ2n) is 8.99. The minimum absolute atomic E-state index is 0.193. The maximum Gasteiger partial charge on any atom is 0.150 e. The maximum absolute atomic E-state index is 13.7. The molecule has 31 heavy (non-hydrogen) atoms. The number of rotatable bonds is 10. The Kier molecular flexibility index (Phi) is 6.97. The Bertz CT molecular complexity index is 1000. The van der Waals surface area contributed by atoms with Crippen LogP contribution in [0.5, 0.6) is 5.75 Å². The maximum atomic E-state index is 13.7. The summed E-state index contributed by atoms with van der Waals surface area (Å²) in [7, 11) is -0.981. The summed E-state index contributed by atoms with van der Waals surface area (Å²) in [6, 6.07) is 13.4. The molecule has 0 saturated heterocycles. The Morgan fingerprint density at radius 1 is 1.13 bits per heavy atom. The van der Waals surface area contributed by atoms with Gasteiger partial charge in [0.25, 0.3) is 0 Å². The first-order chi connectivity index (χ1) is 14.9. The fraction of sp³-hybridized carbons (Fsp3) is 0.520. The molecule has 1 N–H and O–H groups in total. The summed E-state index contributed by atoms with van der Waals surface area (Å²) in [5, 5.41) is 3.44. The first kappa shape index (κ1) is 22.3. The summed E-state index contributed by atoms with van der Waals surface area (Å²) in [4.78, 5) is 0. The van der Waals surface area contributed by atoms with Gasteiger partial charge in [0.05, 0.1) is 18.1 Å². The lowest BCUT2D eigenvalue weighted by Crippen LogP contribution is -2.37. The minimum atomic E-state index is -2.96. The van der Waals surface area contributed by atoms with Crippen molar-refractivity contribution < 1.29 is 17.5 Å². The van der Waals surface area contributed by atoms with E-state index in [1.165, 1.54) is 17.2 Å². The Hall–Kier alpha value is -1.92. The third-order valence-corrected chi connectivity index (χ3v) is 8.39. The lowest BCUT2D eigenvalue weighted by Gasteiger charge is -2.34. The number of benzene rings is 2. The van der Waals surface area contributed by atoms with Gasteiger partial charge in [-0.1, -0.05) is 18.2 Å². The first-order valence-corrected chi connectivity index (χ1v) is 13.1. The number of fused-ring (bicyclic) bond motifs is 1. The molecule has 2 unspecified atom stereocenters. The highest BCUT2D eigenvalue weighted by molar-refractivity contribution is 7.91. The van der Waals surface area contributed by atoms with Crippen molar-refractivity contribution in [1.29, 1.82) is 0 Å². The summed E-state index contributed by atoms with van der Waals surface area (Å²) in [6.07, 6.45) is 5.42. The van der Waals surface area contributed by atoms with Gasteiger partial charge < -0.3 is 10.1 Å². The highest BCUT2D eigenvalue weighted by atomic mass is 32.2. The molecule has 168 valence electrons. The molecule has 2 aromatic rings. The van der Waals surface area contributed by atoms with E-state index in [1.807, 2.05) is 19.2 Å². The van der Waals surface area contributed by atoms with Gasteiger partial charge in [0.2, 0.25) is 0 Å². The number of likely N-dealkylation sites (N-methyl/N-ethyl adjacent to an activating group) is 1. The predicted molar refractivity (Wildman–Crippen MR) is 122 cm³/mol. The molecule has 1 saturated carbocycles. The van der Waals surface area contributed by atoms with Gasteiger partial charge in [-0.15, -0.1) is 0 Å². The zero-order valence-electron chi connectivity index (χ0n) is 18.1. The molecule has 0 heterocycles. The van der Waals surface area contributed by atoms with Crippen LogP contribution in [0.15, 0.2) is 42.5 Å². The van der Waals surface area contributed by atoms with Crippen molar-refractivity contribution in [3.8, 4) is 5.75 Å². The van der Waals surface area contributed by atoms with E-state index in [-0.39, 0.29) is 17.5 Å². The fourth-order valence-corrected chi connectivity index (χ4v) is 6.45. The van der Waals surface area contributed by atoms with Crippen molar-refractivity contribution in [1.82, 2.24) is 5.32 Å². The van der Waals surface area contributed by atoms with Crippen LogP contribution in [-0.2, 0) is 22.7 Å². The van der Waals surface area contributed by atoms with Gasteiger partial charge in [0.15, 0.2) is 9.84 Å². The van der Waals surface area contributed by atoms with Gasteiger partial charge >= 0.3 is 0 Å². The quantitative estimate of drug-likeness (QED) is 0.555. The van der Waals surface area contributed by atoms with Crippen molar-refractivity contribution in [2.24, 2.45) is 5.92 Å². The number of aryl methyl sites for hydroxylation is 1. The predicted octanol–water partition coefficient (Wildman–Crippen LogP) is 4.28. The van der Waals surface area contributed by atoms with Crippen LogP contribution in [0.25, 0.3) is 0 Å². The van der Waals surface area contributed by atoms with Crippen LogP contribution in [-0.4, -0.2) is 39.6 Å². The SMILES string of the molecule is CNC1CCc2ccc(OCCCS(=O)(=O)CC3CC3)cc2C1Cc1cccc(F)c1. The number of hydrogen-bond donors (Lipinski definition) is 1. The number of sulfone groups is 1. The molecule has 4 rings (SSSR count). The van der Waals surface area contributed by atoms with Gasteiger partial charge in [0, 0.05) is 12.0 Å². The molecule has 0 aromatic heterocycles. The monoisotopic (exact) mass is 445 g/mol. The van der Waals surface area contributed by atoms with E-state index < -0.39 is 9.84 Å². The molecule has 2 aliphatic rings. The van der Waals surface area contributed by atoms with Gasteiger partial charge in [-0.3, -0.25) is 0 Å². The van der Waals surface area contributed by atoms with Crippen LogP contribution in [0.4, 0.5) is 4.39 Å². The topological polar surface area (TPSA) is 55.4 Å². The summed E-state index contributed by atoms with van der Waals surface area (Å²) < 4.78 is 43.9. The zero-order valence-corrected chi connectivity index (χ0v) is 19.0. The van der Waals surface area contributed by atoms with E-state index in [0.717, 1.165) is 43.4 Å². The minimum Gasteiger partial charge on any atom is -0.494 e. The Morgan fingerprint density at radius 3 is 2.71 bits per heavy atom. The van der Waals surface area contributed by atoms with Gasteiger partial charge in [0.1, 0.15) is 11.6 Å². The summed E-state index contributed by atoms with van der Waals surface area (Å²) in [6.45, 7) is 0.396. The lowest BCUT2D eigenvalue weighted by molar-refractivity contribution is 0.315. The molecule has 0 radical (unpaired) electrons. The highest BCUT2D eigenvalue weighted by Crippen LogP contribution is 2.36. The molecular formula is C25H32FNO3S. The van der Waals surface area contributed by atoms with Crippen LogP contribution in [0.1, 0.15) is 48.3 Å². The molecule has 0 amide bonds. The van der Waals surface area contributed by atoms with Gasteiger partial charge in [-0.25, -0.2) is 12.8 Å². The van der Waals surface area contributed by atoms with Crippen LogP contribution in [0.3, 0.4) is 0 Å². The number of ether oxygens (including phenoxy) is 1. The lowest BCUT2D eigenvalue weighted by atomic mass is 9.76. The molecule has 2 atom stereocenters. The van der Waals surface area contributed by atoms with Crippen molar-refractivity contribution in [2.45, 2.75) is 50.5 Å². The summed E-state index contributed by atoms with van der Waals surface area (Å²) in [5.74, 6) is 1.72. The second-order valence-corrected chi connectivity index (χ2v) is 11.2. The van der Waals surface area contributed by atoms with Crippen molar-refractivity contribution >= 4 is 9.84 Å². The molecule has 0 bridgehead atoms. The zero-order chi connectivity index (χ0) is 21.8. The standard InChI is InChI=1S/C25H32FNO3S/c1-27-25-11-9-20-8-10-22(30-12-3-13-31(28,29)17-18-6-7-18)16-23(20)24(25)15-19-4-2-5-21(26)14-19/h2,4-5,8,10,14,16,18,24-25,27H,3,6-7,9,11-13,15,17H2,1H3. The average molecular weight is 446 g/mol. The van der Waals surface area contributed by atoms with Crippen LogP contribution in [0.2, 0.25) is 0 Å². The Morgan fingerprint density at radius 2 is 1.97 bits per heavy atom. The summed E-state index contributed by atoms with van der Waals surface area (Å²) in [5.41, 5.74) is 3.55. The second kappa shape index (κ2) is 9.70. The molecule has 6 heteroatoms. The van der Waals surface area contributed by atoms with E-state index in [4.69, 9.17) is 4.74 Å². The normalized spacial score (nSPS) is 21.0. The molecule has 2 aliphatic carbocycles. The van der Waals surface area contributed by atoms with Gasteiger partial charge in [-0.2, -0.15) is 0 Å². The van der Waals surface area contributed by atoms with Crippen LogP contribution < -0.4 is 10.1 Å². The van der Waals surface area contributed by atoms with E-state index >= 15 is 0 Å². The highest BCUT2D eigenvalue weighted by Gasteiger charge is 2.30. The Labute approximate surface area is 185 Å². The van der Waals surface area contributed by atoms with Crippen molar-refractivity contribution in [3.63, 3.8) is 0 Å². The number of nitrogens with one attached hydrogen (secondary N) is 1.